The van der Waals surface area contributed by atoms with Crippen LogP contribution in [0.2, 0.25) is 0 Å². The Hall–Kier alpha value is 0.865. The second-order valence-electron chi connectivity index (χ2n) is 0.322. The molecular formula is C3H3AuOTi. The molecule has 0 heterocycles. The molecule has 0 aromatic heterocycles. The van der Waals surface area contributed by atoms with Gasteiger partial charge in [-0.3, -0.25) is 0 Å². The van der Waals surface area contributed by atoms with E-state index in [4.69, 9.17) is 4.79 Å². The third-order valence-corrected chi connectivity index (χ3v) is 0.0833. The fraction of sp³-hybridized carbons (Fsp3) is 0. The maximum absolute atomic E-state index is 8.93. The Morgan fingerprint density at radius 3 is 1.83 bits per heavy atom. The van der Waals surface area contributed by atoms with Crippen LogP contribution < -0.4 is 0 Å². The fourth-order valence-corrected chi connectivity index (χ4v) is 0. The molecule has 0 rings (SSSR count). The molecule has 0 radical (unpaired) electrons. The number of rotatable bonds is 1. The maximum atomic E-state index is 8.93. The van der Waals surface area contributed by atoms with E-state index >= 15 is 0 Å². The average Bonchev–Trinajstić information content (AvgIpc) is 1.37. The largest absolute Gasteiger partial charge is 1.00 e. The van der Waals surface area contributed by atoms with Crippen LogP contribution in [0.3, 0.4) is 0 Å². The van der Waals surface area contributed by atoms with Gasteiger partial charge in [0.15, 0.2) is 0 Å². The molecular weight excluding hydrogens is 297 g/mol. The third kappa shape index (κ3) is 20.9. The normalized spacial score (nSPS) is 3.33. The molecule has 0 aliphatic rings. The van der Waals surface area contributed by atoms with E-state index in [0.29, 0.717) is 0 Å². The molecule has 0 amide bonds. The number of allylic oxidation sites excluding steroid dienone is 1. The SMILES string of the molecule is C=C[C-]=O.[Au+].[Ti]. The van der Waals surface area contributed by atoms with Crippen molar-refractivity contribution in [2.45, 2.75) is 0 Å². The topological polar surface area (TPSA) is 17.1 Å². The number of hydrogen-bond donors (Lipinski definition) is 0. The van der Waals surface area contributed by atoms with Crippen LogP contribution in [0.25, 0.3) is 0 Å². The quantitative estimate of drug-likeness (QED) is 0.386. The average molecular weight is 300 g/mol. The number of carbonyl (C=O) groups excluding carboxylic acids is 1. The summed E-state index contributed by atoms with van der Waals surface area (Å²) in [6, 6.07) is 0. The molecule has 0 saturated carbocycles. The van der Waals surface area contributed by atoms with E-state index in [1.165, 1.54) is 6.29 Å². The monoisotopic (exact) mass is 300 g/mol. The van der Waals surface area contributed by atoms with Crippen LogP contribution in [0.5, 0.6) is 0 Å². The first-order valence-corrected chi connectivity index (χ1v) is 0.901. The van der Waals surface area contributed by atoms with Crippen molar-refractivity contribution >= 4 is 6.29 Å². The summed E-state index contributed by atoms with van der Waals surface area (Å²) in [6.07, 6.45) is 2.51. The Balaban J connectivity index is -0.0000000450. The van der Waals surface area contributed by atoms with E-state index in [1.807, 2.05) is 0 Å². The van der Waals surface area contributed by atoms with Crippen molar-refractivity contribution in [3.8, 4) is 0 Å². The van der Waals surface area contributed by atoms with Crippen molar-refractivity contribution in [3.05, 3.63) is 12.7 Å². The van der Waals surface area contributed by atoms with Gasteiger partial charge in [0.2, 0.25) is 0 Å². The van der Waals surface area contributed by atoms with Crippen molar-refractivity contribution in [2.24, 2.45) is 0 Å². The summed E-state index contributed by atoms with van der Waals surface area (Å²) >= 11 is 0. The van der Waals surface area contributed by atoms with Gasteiger partial charge in [0, 0.05) is 21.7 Å². The molecule has 0 spiro atoms. The standard InChI is InChI=1S/C3H3O.Au.Ti/c1-2-3-4;;/h2H,1H2;;/q-1;+1;. The van der Waals surface area contributed by atoms with Crippen molar-refractivity contribution in [1.82, 2.24) is 0 Å². The summed E-state index contributed by atoms with van der Waals surface area (Å²) in [4.78, 5) is 8.93. The minimum Gasteiger partial charge on any atom is -0.419 e. The predicted molar refractivity (Wildman–Crippen MR) is 15.9 cm³/mol. The van der Waals surface area contributed by atoms with Gasteiger partial charge in [-0.25, -0.2) is 12.7 Å². The molecule has 36 valence electrons. The zero-order valence-corrected chi connectivity index (χ0v) is 6.72. The zero-order chi connectivity index (χ0) is 3.41. The van der Waals surface area contributed by atoms with Gasteiger partial charge in [-0.1, -0.05) is 0 Å². The van der Waals surface area contributed by atoms with Gasteiger partial charge in [-0.05, 0) is 6.29 Å². The van der Waals surface area contributed by atoms with E-state index in [1.54, 1.807) is 0 Å². The summed E-state index contributed by atoms with van der Waals surface area (Å²) in [5, 5.41) is 0. The van der Waals surface area contributed by atoms with Crippen molar-refractivity contribution in [1.29, 1.82) is 0 Å². The first-order valence-electron chi connectivity index (χ1n) is 0.901. The molecule has 0 atom stereocenters. The van der Waals surface area contributed by atoms with Gasteiger partial charge in [-0.2, -0.15) is 0 Å². The molecule has 0 fully saturated rings. The summed E-state index contributed by atoms with van der Waals surface area (Å²) in [5.41, 5.74) is 0. The first kappa shape index (κ1) is 15.8. The van der Waals surface area contributed by atoms with Crippen LogP contribution >= 0.6 is 0 Å². The van der Waals surface area contributed by atoms with Crippen molar-refractivity contribution < 1.29 is 48.9 Å². The van der Waals surface area contributed by atoms with Gasteiger partial charge < -0.3 is 4.79 Å². The van der Waals surface area contributed by atoms with E-state index < -0.39 is 0 Å². The van der Waals surface area contributed by atoms with Gasteiger partial charge in [-0.15, -0.1) is 0 Å². The van der Waals surface area contributed by atoms with E-state index in [0.717, 1.165) is 6.08 Å². The van der Waals surface area contributed by atoms with E-state index in [2.05, 4.69) is 6.58 Å². The Kier molecular flexibility index (Phi) is 44.6. The number of hydrogen-bond acceptors (Lipinski definition) is 1. The van der Waals surface area contributed by atoms with Crippen LogP contribution in [-0.2, 0) is 48.9 Å². The Bertz CT molecular complexity index is 31.8. The molecule has 1 nitrogen and oxygen atoms in total. The molecule has 0 saturated heterocycles. The molecule has 3 heteroatoms. The van der Waals surface area contributed by atoms with E-state index in [9.17, 15) is 0 Å². The predicted octanol–water partition coefficient (Wildman–Crippen LogP) is 0.277. The third-order valence-electron chi connectivity index (χ3n) is 0.0833. The van der Waals surface area contributed by atoms with Crippen molar-refractivity contribution in [3.63, 3.8) is 0 Å². The van der Waals surface area contributed by atoms with Crippen LogP contribution in [-0.4, -0.2) is 6.29 Å². The molecule has 6 heavy (non-hydrogen) atoms. The molecule has 0 aromatic rings. The first-order chi connectivity index (χ1) is 1.91. The Morgan fingerprint density at radius 1 is 1.67 bits per heavy atom. The van der Waals surface area contributed by atoms with Crippen LogP contribution in [0.15, 0.2) is 12.7 Å². The second kappa shape index (κ2) is 16.9. The molecule has 0 aliphatic heterocycles. The molecule has 0 unspecified atom stereocenters. The Morgan fingerprint density at radius 2 is 1.83 bits per heavy atom. The van der Waals surface area contributed by atoms with Gasteiger partial charge in [0.05, 0.1) is 0 Å². The minimum atomic E-state index is 0. The van der Waals surface area contributed by atoms with Crippen LogP contribution in [0.4, 0.5) is 0 Å². The summed E-state index contributed by atoms with van der Waals surface area (Å²) < 4.78 is 0. The zero-order valence-electron chi connectivity index (χ0n) is 2.99. The Labute approximate surface area is 67.6 Å². The fourth-order valence-electron chi connectivity index (χ4n) is 0. The van der Waals surface area contributed by atoms with Gasteiger partial charge >= 0.3 is 22.4 Å². The second-order valence-corrected chi connectivity index (χ2v) is 0.322. The van der Waals surface area contributed by atoms with E-state index in [-0.39, 0.29) is 44.1 Å². The summed E-state index contributed by atoms with van der Waals surface area (Å²) in [6.45, 7) is 3.06. The van der Waals surface area contributed by atoms with Crippen LogP contribution in [0, 0.1) is 0 Å². The molecule has 0 aromatic carbocycles. The van der Waals surface area contributed by atoms with Crippen molar-refractivity contribution in [2.75, 3.05) is 0 Å². The van der Waals surface area contributed by atoms with Gasteiger partial charge in [0.1, 0.15) is 0 Å². The molecule has 0 N–H and O–H groups in total. The summed E-state index contributed by atoms with van der Waals surface area (Å²) in [7, 11) is 0. The maximum Gasteiger partial charge on any atom is 1.00 e. The van der Waals surface area contributed by atoms with Gasteiger partial charge in [0.25, 0.3) is 0 Å². The minimum absolute atomic E-state index is 0. The van der Waals surface area contributed by atoms with Crippen LogP contribution in [0.1, 0.15) is 0 Å². The molecule has 0 aliphatic carbocycles. The smallest absolute Gasteiger partial charge is 0.419 e. The molecule has 0 bridgehead atoms. The summed E-state index contributed by atoms with van der Waals surface area (Å²) in [5.74, 6) is 0.